The predicted molar refractivity (Wildman–Crippen MR) is 70.6 cm³/mol. The molecule has 0 amide bonds. The van der Waals surface area contributed by atoms with E-state index in [1.54, 1.807) is 12.1 Å². The molecule has 0 aromatic carbocycles. The van der Waals surface area contributed by atoms with Crippen LogP contribution in [-0.4, -0.2) is 11.6 Å². The minimum atomic E-state index is 0.310. The lowest BCUT2D eigenvalue weighted by Gasteiger charge is -2.14. The van der Waals surface area contributed by atoms with E-state index in [1.807, 2.05) is 0 Å². The Morgan fingerprint density at radius 1 is 1.28 bits per heavy atom. The van der Waals surface area contributed by atoms with Gasteiger partial charge >= 0.3 is 0 Å². The molecule has 0 unspecified atom stereocenters. The lowest BCUT2D eigenvalue weighted by Crippen LogP contribution is -2.12. The van der Waals surface area contributed by atoms with Crippen molar-refractivity contribution in [1.29, 1.82) is 5.26 Å². The first-order valence-electron chi connectivity index (χ1n) is 6.48. The van der Waals surface area contributed by atoms with Gasteiger partial charge in [0.1, 0.15) is 5.15 Å². The molecule has 96 valence electrons. The molecule has 0 saturated heterocycles. The summed E-state index contributed by atoms with van der Waals surface area (Å²) in [7, 11) is 0. The van der Waals surface area contributed by atoms with E-state index >= 15 is 0 Å². The van der Waals surface area contributed by atoms with Gasteiger partial charge in [0.25, 0.3) is 0 Å². The van der Waals surface area contributed by atoms with E-state index in [0.29, 0.717) is 29.1 Å². The van der Waals surface area contributed by atoms with Gasteiger partial charge in [-0.2, -0.15) is 5.26 Å². The van der Waals surface area contributed by atoms with Gasteiger partial charge in [-0.3, -0.25) is 0 Å². The normalized spacial score (nSPS) is 16.9. The molecular weight excluding hydrogens is 248 g/mol. The van der Waals surface area contributed by atoms with Gasteiger partial charge < -0.3 is 4.74 Å². The Labute approximate surface area is 113 Å². The molecule has 0 radical (unpaired) electrons. The smallest absolute Gasteiger partial charge is 0.215 e. The fraction of sp³-hybridized carbons (Fsp3) is 0.571. The summed E-state index contributed by atoms with van der Waals surface area (Å²) in [6.07, 6.45) is 7.72. The van der Waals surface area contributed by atoms with Crippen LogP contribution in [0.25, 0.3) is 0 Å². The van der Waals surface area contributed by atoms with Crippen molar-refractivity contribution in [1.82, 2.24) is 4.98 Å². The third-order valence-electron chi connectivity index (χ3n) is 3.34. The highest BCUT2D eigenvalue weighted by Crippen LogP contribution is 2.24. The second-order valence-electron chi connectivity index (χ2n) is 4.80. The first kappa shape index (κ1) is 13.2. The number of ether oxygens (including phenoxy) is 1. The van der Waals surface area contributed by atoms with Crippen LogP contribution in [0.3, 0.4) is 0 Å². The Bertz CT molecular complexity index is 434. The van der Waals surface area contributed by atoms with Gasteiger partial charge in [0.2, 0.25) is 5.88 Å². The van der Waals surface area contributed by atoms with Crippen molar-refractivity contribution in [3.05, 3.63) is 22.8 Å². The molecule has 1 aromatic heterocycles. The van der Waals surface area contributed by atoms with Crippen molar-refractivity contribution < 1.29 is 4.74 Å². The quantitative estimate of drug-likeness (QED) is 0.613. The Balaban J connectivity index is 1.93. The van der Waals surface area contributed by atoms with Gasteiger partial charge in [-0.1, -0.05) is 37.3 Å². The van der Waals surface area contributed by atoms with Crippen molar-refractivity contribution in [3.8, 4) is 11.9 Å². The molecule has 2 rings (SSSR count). The maximum Gasteiger partial charge on any atom is 0.215 e. The number of aromatic nitrogens is 1. The number of hydrogen-bond acceptors (Lipinski definition) is 3. The van der Waals surface area contributed by atoms with E-state index in [2.05, 4.69) is 11.1 Å². The molecule has 1 aliphatic rings. The largest absolute Gasteiger partial charge is 0.477 e. The lowest BCUT2D eigenvalue weighted by atomic mass is 10.0. The van der Waals surface area contributed by atoms with Crippen molar-refractivity contribution >= 4 is 11.6 Å². The van der Waals surface area contributed by atoms with Gasteiger partial charge in [-0.15, -0.1) is 0 Å². The third-order valence-corrected chi connectivity index (χ3v) is 3.53. The predicted octanol–water partition coefficient (Wildman–Crippen LogP) is 3.96. The Hall–Kier alpha value is -1.27. The zero-order chi connectivity index (χ0) is 12.8. The van der Waals surface area contributed by atoms with Gasteiger partial charge in [0, 0.05) is 6.07 Å². The van der Waals surface area contributed by atoms with E-state index in [4.69, 9.17) is 21.6 Å². The topological polar surface area (TPSA) is 45.9 Å². The number of hydrogen-bond donors (Lipinski definition) is 0. The molecular formula is C14H17ClN2O. The SMILES string of the molecule is N#Cc1cc(Cl)nc(OCC2CCCCCC2)c1. The standard InChI is InChI=1S/C14H17ClN2O/c15-13-7-12(9-16)8-14(17-13)18-10-11-5-3-1-2-4-6-11/h7-8,11H,1-6,10H2. The van der Waals surface area contributed by atoms with Gasteiger partial charge in [0.05, 0.1) is 18.2 Å². The summed E-state index contributed by atoms with van der Waals surface area (Å²) >= 11 is 5.83. The van der Waals surface area contributed by atoms with Crippen LogP contribution in [-0.2, 0) is 0 Å². The second-order valence-corrected chi connectivity index (χ2v) is 5.18. The van der Waals surface area contributed by atoms with E-state index in [-0.39, 0.29) is 0 Å². The summed E-state index contributed by atoms with van der Waals surface area (Å²) in [5, 5.41) is 9.16. The lowest BCUT2D eigenvalue weighted by molar-refractivity contribution is 0.226. The molecule has 1 saturated carbocycles. The number of rotatable bonds is 3. The first-order chi connectivity index (χ1) is 8.78. The van der Waals surface area contributed by atoms with E-state index in [0.717, 1.165) is 0 Å². The van der Waals surface area contributed by atoms with Crippen LogP contribution >= 0.6 is 11.6 Å². The average molecular weight is 265 g/mol. The molecule has 0 spiro atoms. The third kappa shape index (κ3) is 3.89. The average Bonchev–Trinajstić information content (AvgIpc) is 2.64. The van der Waals surface area contributed by atoms with Crippen molar-refractivity contribution in [2.75, 3.05) is 6.61 Å². The summed E-state index contributed by atoms with van der Waals surface area (Å²) in [6.45, 7) is 0.679. The minimum absolute atomic E-state index is 0.310. The van der Waals surface area contributed by atoms with E-state index in [1.165, 1.54) is 38.5 Å². The highest BCUT2D eigenvalue weighted by atomic mass is 35.5. The fourth-order valence-electron chi connectivity index (χ4n) is 2.35. The van der Waals surface area contributed by atoms with Crippen LogP contribution in [0.2, 0.25) is 5.15 Å². The van der Waals surface area contributed by atoms with Crippen LogP contribution in [0.1, 0.15) is 44.1 Å². The fourth-order valence-corrected chi connectivity index (χ4v) is 2.55. The van der Waals surface area contributed by atoms with Gasteiger partial charge in [0.15, 0.2) is 0 Å². The van der Waals surface area contributed by atoms with Gasteiger partial charge in [-0.25, -0.2) is 4.98 Å². The number of nitrogens with zero attached hydrogens (tertiary/aromatic N) is 2. The monoisotopic (exact) mass is 264 g/mol. The van der Waals surface area contributed by atoms with Gasteiger partial charge in [-0.05, 0) is 24.8 Å². The Morgan fingerprint density at radius 3 is 2.67 bits per heavy atom. The van der Waals surface area contributed by atoms with Crippen LogP contribution in [0.15, 0.2) is 12.1 Å². The molecule has 1 heterocycles. The molecule has 18 heavy (non-hydrogen) atoms. The van der Waals surface area contributed by atoms with E-state index in [9.17, 15) is 0 Å². The highest BCUT2D eigenvalue weighted by molar-refractivity contribution is 6.29. The van der Waals surface area contributed by atoms with Crippen molar-refractivity contribution in [2.24, 2.45) is 5.92 Å². The number of pyridine rings is 1. The summed E-state index contributed by atoms with van der Waals surface area (Å²) < 4.78 is 5.68. The van der Waals surface area contributed by atoms with Crippen molar-refractivity contribution in [3.63, 3.8) is 0 Å². The molecule has 1 aromatic rings. The zero-order valence-corrected chi connectivity index (χ0v) is 11.1. The van der Waals surface area contributed by atoms with E-state index < -0.39 is 0 Å². The summed E-state index contributed by atoms with van der Waals surface area (Å²) in [6, 6.07) is 5.23. The molecule has 4 heteroatoms. The maximum absolute atomic E-state index is 8.85. The summed E-state index contributed by atoms with van der Waals surface area (Å²) in [5.41, 5.74) is 0.492. The first-order valence-corrected chi connectivity index (χ1v) is 6.86. The molecule has 1 aliphatic carbocycles. The molecule has 0 aliphatic heterocycles. The molecule has 3 nitrogen and oxygen atoms in total. The summed E-state index contributed by atoms with van der Waals surface area (Å²) in [5.74, 6) is 1.07. The highest BCUT2D eigenvalue weighted by Gasteiger charge is 2.13. The molecule has 1 fully saturated rings. The maximum atomic E-state index is 8.85. The van der Waals surface area contributed by atoms with Crippen molar-refractivity contribution in [2.45, 2.75) is 38.5 Å². The minimum Gasteiger partial charge on any atom is -0.477 e. The second kappa shape index (κ2) is 6.61. The Morgan fingerprint density at radius 2 is 2.00 bits per heavy atom. The molecule has 0 bridgehead atoms. The van der Waals surface area contributed by atoms with Crippen LogP contribution in [0, 0.1) is 17.2 Å². The zero-order valence-electron chi connectivity index (χ0n) is 10.4. The molecule has 0 N–H and O–H groups in total. The van der Waals surface area contributed by atoms with Crippen LogP contribution < -0.4 is 4.74 Å². The summed E-state index contributed by atoms with van der Waals surface area (Å²) in [4.78, 5) is 4.08. The van der Waals surface area contributed by atoms with Crippen LogP contribution in [0.5, 0.6) is 5.88 Å². The number of nitriles is 1. The number of halogens is 1. The molecule has 0 atom stereocenters. The Kier molecular flexibility index (Phi) is 4.83. The van der Waals surface area contributed by atoms with Crippen LogP contribution in [0.4, 0.5) is 0 Å².